The van der Waals surface area contributed by atoms with Gasteiger partial charge >= 0.3 is 0 Å². The lowest BCUT2D eigenvalue weighted by molar-refractivity contribution is -0.130. The second-order valence-corrected chi connectivity index (χ2v) is 6.29. The lowest BCUT2D eigenvalue weighted by Crippen LogP contribution is -2.49. The van der Waals surface area contributed by atoms with Crippen LogP contribution in [-0.4, -0.2) is 50.7 Å². The van der Waals surface area contributed by atoms with Gasteiger partial charge in [-0.05, 0) is 44.1 Å². The summed E-state index contributed by atoms with van der Waals surface area (Å²) < 4.78 is 5.47. The SMILES string of the molecule is CCN(C)CCNC(=O)C1(c2cccc(Cl)c2)CCOCC1. The summed E-state index contributed by atoms with van der Waals surface area (Å²) in [5.41, 5.74) is 0.471. The van der Waals surface area contributed by atoms with E-state index in [1.807, 2.05) is 31.3 Å². The third kappa shape index (κ3) is 4.00. The number of halogens is 1. The van der Waals surface area contributed by atoms with E-state index in [4.69, 9.17) is 16.3 Å². The third-order valence-electron chi connectivity index (χ3n) is 4.48. The topological polar surface area (TPSA) is 41.6 Å². The molecule has 1 N–H and O–H groups in total. The maximum Gasteiger partial charge on any atom is 0.230 e. The lowest BCUT2D eigenvalue weighted by Gasteiger charge is -2.36. The Kier molecular flexibility index (Phi) is 6.24. The molecule has 0 saturated carbocycles. The summed E-state index contributed by atoms with van der Waals surface area (Å²) in [5.74, 6) is 0.0857. The molecule has 0 spiro atoms. The van der Waals surface area contributed by atoms with Crippen LogP contribution in [0.3, 0.4) is 0 Å². The molecule has 4 nitrogen and oxygen atoms in total. The van der Waals surface area contributed by atoms with E-state index >= 15 is 0 Å². The van der Waals surface area contributed by atoms with E-state index in [1.165, 1.54) is 0 Å². The molecule has 122 valence electrons. The van der Waals surface area contributed by atoms with E-state index in [0.29, 0.717) is 37.6 Å². The number of amides is 1. The van der Waals surface area contributed by atoms with Gasteiger partial charge in [-0.25, -0.2) is 0 Å². The molecule has 22 heavy (non-hydrogen) atoms. The number of ether oxygens (including phenoxy) is 1. The average Bonchev–Trinajstić information content (AvgIpc) is 2.55. The Morgan fingerprint density at radius 1 is 1.41 bits per heavy atom. The number of hydrogen-bond donors (Lipinski definition) is 1. The van der Waals surface area contributed by atoms with Gasteiger partial charge in [-0.15, -0.1) is 0 Å². The van der Waals surface area contributed by atoms with Crippen LogP contribution in [0.1, 0.15) is 25.3 Å². The Morgan fingerprint density at radius 2 is 2.14 bits per heavy atom. The van der Waals surface area contributed by atoms with Gasteiger partial charge in [-0.2, -0.15) is 0 Å². The molecule has 5 heteroatoms. The Bertz CT molecular complexity index is 501. The molecular formula is C17H25ClN2O2. The largest absolute Gasteiger partial charge is 0.381 e. The van der Waals surface area contributed by atoms with E-state index in [0.717, 1.165) is 18.7 Å². The van der Waals surface area contributed by atoms with Crippen LogP contribution in [0.25, 0.3) is 0 Å². The number of benzene rings is 1. The van der Waals surface area contributed by atoms with Gasteiger partial charge in [0.2, 0.25) is 5.91 Å². The normalized spacial score (nSPS) is 17.5. The Hall–Kier alpha value is -1.10. The molecule has 1 heterocycles. The molecule has 1 amide bonds. The van der Waals surface area contributed by atoms with Crippen molar-refractivity contribution in [1.82, 2.24) is 10.2 Å². The highest BCUT2D eigenvalue weighted by atomic mass is 35.5. The fourth-order valence-corrected chi connectivity index (χ4v) is 3.03. The second kappa shape index (κ2) is 7.95. The highest BCUT2D eigenvalue weighted by molar-refractivity contribution is 6.30. The number of likely N-dealkylation sites (N-methyl/N-ethyl adjacent to an activating group) is 1. The maximum atomic E-state index is 12.9. The van der Waals surface area contributed by atoms with Crippen molar-refractivity contribution >= 4 is 17.5 Å². The van der Waals surface area contributed by atoms with Crippen LogP contribution in [0.5, 0.6) is 0 Å². The van der Waals surface area contributed by atoms with E-state index in [2.05, 4.69) is 17.1 Å². The molecule has 1 aromatic rings. The summed E-state index contributed by atoms with van der Waals surface area (Å²) >= 11 is 6.13. The highest BCUT2D eigenvalue weighted by Gasteiger charge is 2.41. The van der Waals surface area contributed by atoms with Crippen LogP contribution in [-0.2, 0) is 14.9 Å². The Labute approximate surface area is 137 Å². The zero-order valence-corrected chi connectivity index (χ0v) is 14.2. The van der Waals surface area contributed by atoms with Gasteiger partial charge in [0.05, 0.1) is 5.41 Å². The molecule has 0 radical (unpaired) electrons. The molecule has 0 bridgehead atoms. The third-order valence-corrected chi connectivity index (χ3v) is 4.71. The van der Waals surface area contributed by atoms with Crippen molar-refractivity contribution in [2.24, 2.45) is 0 Å². The summed E-state index contributed by atoms with van der Waals surface area (Å²) in [6, 6.07) is 7.65. The zero-order valence-electron chi connectivity index (χ0n) is 13.4. The maximum absolute atomic E-state index is 12.9. The summed E-state index contributed by atoms with van der Waals surface area (Å²) in [7, 11) is 2.05. The molecule has 1 aromatic carbocycles. The molecule has 0 aromatic heterocycles. The molecule has 1 saturated heterocycles. The van der Waals surface area contributed by atoms with E-state index in [-0.39, 0.29) is 5.91 Å². The smallest absolute Gasteiger partial charge is 0.230 e. The number of carbonyl (C=O) groups is 1. The van der Waals surface area contributed by atoms with Crippen molar-refractivity contribution in [1.29, 1.82) is 0 Å². The summed E-state index contributed by atoms with van der Waals surface area (Å²) in [4.78, 5) is 15.1. The number of nitrogens with one attached hydrogen (secondary N) is 1. The van der Waals surface area contributed by atoms with Crippen molar-refractivity contribution in [3.05, 3.63) is 34.9 Å². The quantitative estimate of drug-likeness (QED) is 0.874. The van der Waals surface area contributed by atoms with Gasteiger partial charge < -0.3 is 15.0 Å². The highest BCUT2D eigenvalue weighted by Crippen LogP contribution is 2.36. The van der Waals surface area contributed by atoms with Gasteiger partial charge in [0, 0.05) is 31.3 Å². The van der Waals surface area contributed by atoms with Gasteiger partial charge in [-0.3, -0.25) is 4.79 Å². The lowest BCUT2D eigenvalue weighted by atomic mass is 9.73. The monoisotopic (exact) mass is 324 g/mol. The van der Waals surface area contributed by atoms with Gasteiger partial charge in [0.25, 0.3) is 0 Å². The minimum absolute atomic E-state index is 0.0857. The summed E-state index contributed by atoms with van der Waals surface area (Å²) in [6.45, 7) is 5.80. The molecule has 0 unspecified atom stereocenters. The van der Waals surface area contributed by atoms with Crippen LogP contribution in [0.4, 0.5) is 0 Å². The Balaban J connectivity index is 2.13. The van der Waals surface area contributed by atoms with E-state index in [1.54, 1.807) is 0 Å². The predicted molar refractivity (Wildman–Crippen MR) is 89.4 cm³/mol. The fourth-order valence-electron chi connectivity index (χ4n) is 2.84. The number of carbonyl (C=O) groups excluding carboxylic acids is 1. The fraction of sp³-hybridized carbons (Fsp3) is 0.588. The molecular weight excluding hydrogens is 300 g/mol. The van der Waals surface area contributed by atoms with Crippen molar-refractivity contribution in [2.45, 2.75) is 25.2 Å². The first kappa shape index (κ1) is 17.3. The molecule has 2 rings (SSSR count). The van der Waals surface area contributed by atoms with Crippen LogP contribution < -0.4 is 5.32 Å². The van der Waals surface area contributed by atoms with Crippen molar-refractivity contribution < 1.29 is 9.53 Å². The summed E-state index contributed by atoms with van der Waals surface area (Å²) in [6.07, 6.45) is 1.39. The van der Waals surface area contributed by atoms with Crippen molar-refractivity contribution in [3.8, 4) is 0 Å². The van der Waals surface area contributed by atoms with Crippen LogP contribution in [0, 0.1) is 0 Å². The second-order valence-electron chi connectivity index (χ2n) is 5.86. The first-order chi connectivity index (χ1) is 10.6. The van der Waals surface area contributed by atoms with E-state index in [9.17, 15) is 4.79 Å². The predicted octanol–water partition coefficient (Wildman–Crippen LogP) is 2.46. The minimum Gasteiger partial charge on any atom is -0.381 e. The van der Waals surface area contributed by atoms with Gasteiger partial charge in [0.1, 0.15) is 0 Å². The van der Waals surface area contributed by atoms with Gasteiger partial charge in [-0.1, -0.05) is 30.7 Å². The van der Waals surface area contributed by atoms with Crippen molar-refractivity contribution in [2.75, 3.05) is 39.9 Å². The minimum atomic E-state index is -0.520. The molecule has 1 fully saturated rings. The molecule has 0 aliphatic carbocycles. The number of hydrogen-bond acceptors (Lipinski definition) is 3. The van der Waals surface area contributed by atoms with Gasteiger partial charge in [0.15, 0.2) is 0 Å². The zero-order chi connectivity index (χ0) is 16.0. The van der Waals surface area contributed by atoms with Crippen LogP contribution in [0.15, 0.2) is 24.3 Å². The standard InChI is InChI=1S/C17H25ClN2O2/c1-3-20(2)10-9-19-16(21)17(7-11-22-12-8-17)14-5-4-6-15(18)13-14/h4-6,13H,3,7-12H2,1-2H3,(H,19,21). The Morgan fingerprint density at radius 3 is 2.77 bits per heavy atom. The van der Waals surface area contributed by atoms with Crippen LogP contribution in [0.2, 0.25) is 5.02 Å². The first-order valence-corrected chi connectivity index (χ1v) is 8.27. The van der Waals surface area contributed by atoms with Crippen molar-refractivity contribution in [3.63, 3.8) is 0 Å². The van der Waals surface area contributed by atoms with E-state index < -0.39 is 5.41 Å². The van der Waals surface area contributed by atoms with Crippen LogP contribution >= 0.6 is 11.6 Å². The molecule has 0 atom stereocenters. The number of nitrogens with zero attached hydrogens (tertiary/aromatic N) is 1. The number of rotatable bonds is 6. The average molecular weight is 325 g/mol. The molecule has 1 aliphatic rings. The first-order valence-electron chi connectivity index (χ1n) is 7.89. The summed E-state index contributed by atoms with van der Waals surface area (Å²) in [5, 5.41) is 3.77. The molecule has 1 aliphatic heterocycles.